The number of cyclic esters (lactones) is 1. The van der Waals surface area contributed by atoms with Crippen LogP contribution >= 0.6 is 0 Å². The Labute approximate surface area is 281 Å². The topological polar surface area (TPSA) is 55.8 Å². The van der Waals surface area contributed by atoms with E-state index < -0.39 is 26.1 Å². The van der Waals surface area contributed by atoms with Crippen molar-refractivity contribution in [3.8, 4) is 0 Å². The van der Waals surface area contributed by atoms with E-state index in [1.165, 1.54) is 21.3 Å². The second kappa shape index (κ2) is 14.2. The van der Waals surface area contributed by atoms with Crippen molar-refractivity contribution < 1.29 is 18.8 Å². The Bertz CT molecular complexity index is 1570. The van der Waals surface area contributed by atoms with E-state index in [4.69, 9.17) is 9.16 Å². The summed E-state index contributed by atoms with van der Waals surface area (Å²) in [7, 11) is -2.77. The fourth-order valence-corrected chi connectivity index (χ4v) is 12.0. The molecule has 0 bridgehead atoms. The molecule has 0 spiro atoms. The van der Waals surface area contributed by atoms with Gasteiger partial charge in [-0.1, -0.05) is 169 Å². The maximum atomic E-state index is 14.0. The van der Waals surface area contributed by atoms with Gasteiger partial charge >= 0.3 is 6.09 Å². The summed E-state index contributed by atoms with van der Waals surface area (Å²) < 4.78 is 13.6. The first-order valence-corrected chi connectivity index (χ1v) is 18.6. The van der Waals surface area contributed by atoms with Gasteiger partial charge in [0.15, 0.2) is 5.60 Å². The molecule has 1 aliphatic rings. The maximum Gasteiger partial charge on any atom is 0.418 e. The number of rotatable bonds is 11. The van der Waals surface area contributed by atoms with E-state index >= 15 is 0 Å². The van der Waals surface area contributed by atoms with Crippen molar-refractivity contribution in [1.82, 2.24) is 4.90 Å². The molecule has 0 aromatic heterocycles. The molecule has 4 aromatic carbocycles. The van der Waals surface area contributed by atoms with Crippen LogP contribution in [0, 0.1) is 5.92 Å². The van der Waals surface area contributed by atoms with Crippen LogP contribution in [0.2, 0.25) is 5.04 Å². The van der Waals surface area contributed by atoms with Gasteiger partial charge in [0.25, 0.3) is 14.2 Å². The van der Waals surface area contributed by atoms with Gasteiger partial charge in [0.2, 0.25) is 0 Å². The van der Waals surface area contributed by atoms with Crippen molar-refractivity contribution >= 4 is 30.7 Å². The third kappa shape index (κ3) is 6.49. The Kier molecular flexibility index (Phi) is 10.3. The van der Waals surface area contributed by atoms with Crippen LogP contribution in [0.5, 0.6) is 0 Å². The van der Waals surface area contributed by atoms with Crippen LogP contribution in [-0.2, 0) is 19.6 Å². The van der Waals surface area contributed by atoms with Crippen LogP contribution in [0.1, 0.15) is 65.5 Å². The third-order valence-electron chi connectivity index (χ3n) is 9.29. The lowest BCUT2D eigenvalue weighted by Gasteiger charge is -2.45. The summed E-state index contributed by atoms with van der Waals surface area (Å²) >= 11 is 0. The van der Waals surface area contributed by atoms with Gasteiger partial charge < -0.3 is 9.16 Å². The molecule has 2 atom stereocenters. The molecule has 1 fully saturated rings. The summed E-state index contributed by atoms with van der Waals surface area (Å²) in [5.74, 6) is -0.469. The molecule has 2 amide bonds. The molecule has 6 heteroatoms. The number of carbonyl (C=O) groups excluding carboxylic acids is 2. The molecule has 1 unspecified atom stereocenters. The number of hydrogen-bond acceptors (Lipinski definition) is 4. The molecule has 4 aromatic rings. The third-order valence-corrected chi connectivity index (χ3v) is 14.4. The van der Waals surface area contributed by atoms with Crippen molar-refractivity contribution in [2.24, 2.45) is 5.92 Å². The highest BCUT2D eigenvalue weighted by Crippen LogP contribution is 2.47. The number of hydrogen-bond donors (Lipinski definition) is 0. The average molecular weight is 646 g/mol. The highest BCUT2D eigenvalue weighted by atomic mass is 28.4. The van der Waals surface area contributed by atoms with E-state index in [2.05, 4.69) is 76.2 Å². The maximum absolute atomic E-state index is 14.0. The van der Waals surface area contributed by atoms with Crippen molar-refractivity contribution in [1.29, 1.82) is 0 Å². The minimum Gasteiger partial charge on any atom is -0.430 e. The average Bonchev–Trinajstić information content (AvgIpc) is 3.41. The van der Waals surface area contributed by atoms with Gasteiger partial charge in [-0.3, -0.25) is 4.79 Å². The largest absolute Gasteiger partial charge is 0.430 e. The second-order valence-corrected chi connectivity index (χ2v) is 17.9. The Morgan fingerprint density at radius 2 is 1.28 bits per heavy atom. The van der Waals surface area contributed by atoms with Gasteiger partial charge in [-0.25, -0.2) is 9.69 Å². The molecule has 47 heavy (non-hydrogen) atoms. The van der Waals surface area contributed by atoms with Crippen LogP contribution in [0.4, 0.5) is 4.79 Å². The summed E-state index contributed by atoms with van der Waals surface area (Å²) in [5.41, 5.74) is 0.542. The predicted octanol–water partition coefficient (Wildman–Crippen LogP) is 8.24. The van der Waals surface area contributed by atoms with Gasteiger partial charge in [0.05, 0.1) is 6.04 Å². The number of nitrogens with zero attached hydrogens (tertiary/aromatic N) is 1. The fraction of sp³-hybridized carbons (Fsp3) is 0.317. The molecule has 0 N–H and O–H groups in total. The quantitative estimate of drug-likeness (QED) is 0.122. The summed E-state index contributed by atoms with van der Waals surface area (Å²) in [6, 6.07) is 40.1. The molecule has 1 saturated heterocycles. The van der Waals surface area contributed by atoms with Gasteiger partial charge in [0, 0.05) is 17.2 Å². The van der Waals surface area contributed by atoms with E-state index in [9.17, 15) is 9.59 Å². The summed E-state index contributed by atoms with van der Waals surface area (Å²) in [6.07, 6.45) is 3.93. The first-order valence-electron chi connectivity index (χ1n) is 16.7. The Morgan fingerprint density at radius 3 is 1.68 bits per heavy atom. The highest BCUT2D eigenvalue weighted by Gasteiger charge is 2.59. The first-order chi connectivity index (χ1) is 22.6. The summed E-state index contributed by atoms with van der Waals surface area (Å²) in [4.78, 5) is 29.0. The molecule has 0 saturated carbocycles. The van der Waals surface area contributed by atoms with Crippen LogP contribution < -0.4 is 10.4 Å². The lowest BCUT2D eigenvalue weighted by Crippen LogP contribution is -2.67. The molecule has 244 valence electrons. The van der Waals surface area contributed by atoms with Crippen molar-refractivity contribution in [3.05, 3.63) is 145 Å². The van der Waals surface area contributed by atoms with E-state index in [-0.39, 0.29) is 23.0 Å². The Hall–Kier alpha value is -4.26. The van der Waals surface area contributed by atoms with Crippen LogP contribution in [0.15, 0.2) is 133 Å². The van der Waals surface area contributed by atoms with E-state index in [0.717, 1.165) is 17.5 Å². The molecule has 5 nitrogen and oxygen atoms in total. The second-order valence-electron chi connectivity index (χ2n) is 13.7. The minimum absolute atomic E-state index is 0.0823. The zero-order valence-corrected chi connectivity index (χ0v) is 29.4. The van der Waals surface area contributed by atoms with Crippen LogP contribution in [-0.4, -0.2) is 37.4 Å². The standard InChI is InChI=1S/C41H47NO4Si/c1-7-34(46-47(40(4,5)6,35-26-16-10-17-27-35)36-28-18-11-19-29-36)25-20-30-37(43)42-38(31(2)3)41(45-39(42)44,32-21-12-8-13-22-32)33-23-14-9-15-24-33/h8-24,26-31,34,38H,7,25H2,1-6H3/b30-20+/t34-,38?/m1/s1. The van der Waals surface area contributed by atoms with Gasteiger partial charge in [-0.15, -0.1) is 0 Å². The Balaban J connectivity index is 1.46. The van der Waals surface area contributed by atoms with Crippen LogP contribution in [0.3, 0.4) is 0 Å². The van der Waals surface area contributed by atoms with Gasteiger partial charge in [0.1, 0.15) is 0 Å². The predicted molar refractivity (Wildman–Crippen MR) is 192 cm³/mol. The fourth-order valence-electron chi connectivity index (χ4n) is 7.18. The first kappa shape index (κ1) is 34.1. The number of benzene rings is 4. The molecule has 1 heterocycles. The van der Waals surface area contributed by atoms with Crippen molar-refractivity contribution in [3.63, 3.8) is 0 Å². The molecular formula is C41H47NO4Si. The minimum atomic E-state index is -2.77. The zero-order chi connectivity index (χ0) is 33.7. The van der Waals surface area contributed by atoms with Crippen molar-refractivity contribution in [2.45, 2.75) is 77.2 Å². The van der Waals surface area contributed by atoms with E-state index in [0.29, 0.717) is 6.42 Å². The summed E-state index contributed by atoms with van der Waals surface area (Å²) in [5, 5.41) is 2.27. The van der Waals surface area contributed by atoms with E-state index in [1.54, 1.807) is 0 Å². The van der Waals surface area contributed by atoms with Gasteiger partial charge in [-0.2, -0.15) is 0 Å². The molecule has 1 aliphatic heterocycles. The number of ether oxygens (including phenoxy) is 1. The highest BCUT2D eigenvalue weighted by molar-refractivity contribution is 6.99. The lowest BCUT2D eigenvalue weighted by molar-refractivity contribution is -0.125. The molecule has 5 rings (SSSR count). The van der Waals surface area contributed by atoms with E-state index in [1.807, 2.05) is 92.7 Å². The number of imide groups is 1. The lowest BCUT2D eigenvalue weighted by atomic mass is 9.75. The summed E-state index contributed by atoms with van der Waals surface area (Å²) in [6.45, 7) is 13.0. The smallest absolute Gasteiger partial charge is 0.418 e. The van der Waals surface area contributed by atoms with Crippen molar-refractivity contribution in [2.75, 3.05) is 0 Å². The molecule has 0 aliphatic carbocycles. The number of carbonyl (C=O) groups is 2. The number of amides is 2. The molecular weight excluding hydrogens is 599 g/mol. The molecule has 0 radical (unpaired) electrons. The SMILES string of the molecule is CC[C@H](C/C=C/C(=O)N1C(=O)OC(c2ccccc2)(c2ccccc2)C1C(C)C)O[Si](c1ccccc1)(c1ccccc1)C(C)(C)C. The van der Waals surface area contributed by atoms with Crippen LogP contribution in [0.25, 0.3) is 0 Å². The monoisotopic (exact) mass is 645 g/mol. The van der Waals surface area contributed by atoms with Gasteiger partial charge in [-0.05, 0) is 40.2 Å². The zero-order valence-electron chi connectivity index (χ0n) is 28.4. The Morgan fingerprint density at radius 1 is 0.830 bits per heavy atom. The normalized spacial score (nSPS) is 17.2.